The Bertz CT molecular complexity index is 303. The zero-order chi connectivity index (χ0) is 21.1. The van der Waals surface area contributed by atoms with Gasteiger partial charge in [-0.15, -0.1) is 15.8 Å². The number of hydrogen-bond acceptors (Lipinski definition) is 0. The van der Waals surface area contributed by atoms with Crippen molar-refractivity contribution in [1.82, 2.24) is 0 Å². The molecule has 0 radical (unpaired) electrons. The van der Waals surface area contributed by atoms with Crippen LogP contribution in [0.2, 0.25) is 0 Å². The lowest BCUT2D eigenvalue weighted by Gasteiger charge is -2.34. The first kappa shape index (κ1) is 29.9. The molecule has 0 aliphatic carbocycles. The molecule has 2 aliphatic rings. The maximum Gasteiger partial charge on any atom is -0.0207 e. The van der Waals surface area contributed by atoms with Crippen LogP contribution in [0.25, 0.3) is 0 Å². The van der Waals surface area contributed by atoms with Gasteiger partial charge in [0.1, 0.15) is 0 Å². The molecule has 4 atom stereocenters. The van der Waals surface area contributed by atoms with Crippen molar-refractivity contribution >= 4 is 15.8 Å². The second-order valence-electron chi connectivity index (χ2n) is 11.3. The molecule has 2 rings (SSSR count). The molecular weight excluding hydrogens is 386 g/mol. The highest BCUT2D eigenvalue weighted by Gasteiger charge is 2.26. The molecule has 0 aromatic carbocycles. The second-order valence-corrected chi connectivity index (χ2v) is 16.8. The minimum Gasteiger partial charge on any atom is -0.103 e. The molecular formula is C27H58P2. The Balaban J connectivity index is 0.000000523. The van der Waals surface area contributed by atoms with E-state index in [-0.39, 0.29) is 7.43 Å². The summed E-state index contributed by atoms with van der Waals surface area (Å²) in [5, 5.41) is 0. The van der Waals surface area contributed by atoms with E-state index in [4.69, 9.17) is 0 Å². The fourth-order valence-electron chi connectivity index (χ4n) is 5.16. The van der Waals surface area contributed by atoms with E-state index in [0.717, 1.165) is 35.0 Å². The molecule has 0 N–H and O–H groups in total. The summed E-state index contributed by atoms with van der Waals surface area (Å²) in [6, 6.07) is 0. The van der Waals surface area contributed by atoms with Crippen molar-refractivity contribution in [3.05, 3.63) is 0 Å². The molecule has 2 heterocycles. The second kappa shape index (κ2) is 16.5. The summed E-state index contributed by atoms with van der Waals surface area (Å²) >= 11 is 0. The van der Waals surface area contributed by atoms with Crippen LogP contribution < -0.4 is 0 Å². The van der Waals surface area contributed by atoms with Crippen LogP contribution in [0.3, 0.4) is 0 Å². The lowest BCUT2D eigenvalue weighted by atomic mass is 10.0. The van der Waals surface area contributed by atoms with Gasteiger partial charge in [-0.1, -0.05) is 75.7 Å². The summed E-state index contributed by atoms with van der Waals surface area (Å²) in [6.07, 6.45) is 18.3. The quantitative estimate of drug-likeness (QED) is 0.327. The summed E-state index contributed by atoms with van der Waals surface area (Å²) in [6.45, 7) is 19.1. The van der Waals surface area contributed by atoms with Gasteiger partial charge in [0.2, 0.25) is 0 Å². The van der Waals surface area contributed by atoms with Crippen LogP contribution >= 0.6 is 15.8 Å². The molecule has 0 aromatic heterocycles. The van der Waals surface area contributed by atoms with Crippen LogP contribution in [0.4, 0.5) is 0 Å². The molecule has 0 saturated carbocycles. The van der Waals surface area contributed by atoms with Gasteiger partial charge in [0.25, 0.3) is 0 Å². The fourth-order valence-corrected chi connectivity index (χ4v) is 12.5. The van der Waals surface area contributed by atoms with E-state index in [2.05, 4.69) is 55.4 Å². The van der Waals surface area contributed by atoms with Gasteiger partial charge in [-0.25, -0.2) is 0 Å². The van der Waals surface area contributed by atoms with Gasteiger partial charge in [-0.3, -0.25) is 0 Å². The average Bonchev–Trinajstić information content (AvgIpc) is 2.57. The van der Waals surface area contributed by atoms with Crippen molar-refractivity contribution in [2.45, 2.75) is 126 Å². The lowest BCUT2D eigenvalue weighted by Crippen LogP contribution is -2.18. The largest absolute Gasteiger partial charge is 0.103 e. The summed E-state index contributed by atoms with van der Waals surface area (Å²) in [5.74, 6) is 3.67. The van der Waals surface area contributed by atoms with Crippen molar-refractivity contribution < 1.29 is 0 Å². The Hall–Kier alpha value is 0.860. The first-order valence-corrected chi connectivity index (χ1v) is 16.2. The van der Waals surface area contributed by atoms with Crippen LogP contribution in [-0.2, 0) is 0 Å². The molecule has 0 spiro atoms. The number of hydrogen-bond donors (Lipinski definition) is 0. The predicted molar refractivity (Wildman–Crippen MR) is 144 cm³/mol. The molecule has 29 heavy (non-hydrogen) atoms. The van der Waals surface area contributed by atoms with Crippen LogP contribution in [-0.4, -0.2) is 36.0 Å². The molecule has 0 aromatic rings. The highest BCUT2D eigenvalue weighted by atomic mass is 31.1. The SMILES string of the molecule is C.CC(C)CC1CCCCP1CC(C)C.CC(C)CC1CCCCP1CC(C)C. The van der Waals surface area contributed by atoms with Crippen LogP contribution in [0.5, 0.6) is 0 Å². The van der Waals surface area contributed by atoms with Crippen LogP contribution in [0.1, 0.15) is 114 Å². The third-order valence-electron chi connectivity index (χ3n) is 6.18. The Morgan fingerprint density at radius 3 is 1.17 bits per heavy atom. The van der Waals surface area contributed by atoms with Crippen molar-refractivity contribution in [3.8, 4) is 0 Å². The molecule has 0 bridgehead atoms. The van der Waals surface area contributed by atoms with Gasteiger partial charge in [0.05, 0.1) is 0 Å². The fraction of sp³-hybridized carbons (Fsp3) is 1.00. The maximum atomic E-state index is 2.39. The van der Waals surface area contributed by atoms with Crippen LogP contribution in [0, 0.1) is 23.7 Å². The standard InChI is InChI=1S/2C13H27P.CH4/c2*1-11(2)9-13-7-5-6-8-14(13)10-12(3)4;/h2*11-13H,5-10H2,1-4H3;1H4. The van der Waals surface area contributed by atoms with Gasteiger partial charge < -0.3 is 0 Å². The van der Waals surface area contributed by atoms with E-state index >= 15 is 0 Å². The predicted octanol–water partition coefficient (Wildman–Crippen LogP) is 10.1. The van der Waals surface area contributed by atoms with Gasteiger partial charge in [-0.2, -0.15) is 0 Å². The lowest BCUT2D eigenvalue weighted by molar-refractivity contribution is 0.517. The van der Waals surface area contributed by atoms with Gasteiger partial charge in [0.15, 0.2) is 0 Å². The molecule has 4 unspecified atom stereocenters. The van der Waals surface area contributed by atoms with Crippen molar-refractivity contribution in [3.63, 3.8) is 0 Å². The average molecular weight is 445 g/mol. The number of rotatable bonds is 8. The molecule has 2 saturated heterocycles. The zero-order valence-corrected chi connectivity index (χ0v) is 22.6. The van der Waals surface area contributed by atoms with Crippen molar-refractivity contribution in [2.75, 3.05) is 24.6 Å². The molecule has 176 valence electrons. The topological polar surface area (TPSA) is 0 Å². The minimum absolute atomic E-state index is 0. The van der Waals surface area contributed by atoms with Crippen molar-refractivity contribution in [2.24, 2.45) is 23.7 Å². The molecule has 0 amide bonds. The monoisotopic (exact) mass is 444 g/mol. The summed E-state index contributed by atoms with van der Waals surface area (Å²) in [5.41, 5.74) is 2.22. The van der Waals surface area contributed by atoms with Gasteiger partial charge in [-0.05, 0) is 98.2 Å². The molecule has 2 aliphatic heterocycles. The first-order valence-electron chi connectivity index (χ1n) is 12.7. The third kappa shape index (κ3) is 13.8. The van der Waals surface area contributed by atoms with Crippen LogP contribution in [0.15, 0.2) is 0 Å². The summed E-state index contributed by atoms with van der Waals surface area (Å²) < 4.78 is 0. The normalized spacial score (nSPS) is 27.7. The zero-order valence-electron chi connectivity index (χ0n) is 20.8. The van der Waals surface area contributed by atoms with Gasteiger partial charge in [0, 0.05) is 0 Å². The first-order chi connectivity index (χ1) is 13.2. The Kier molecular flexibility index (Phi) is 17.0. The highest BCUT2D eigenvalue weighted by molar-refractivity contribution is 7.58. The summed E-state index contributed by atoms with van der Waals surface area (Å²) in [7, 11) is 0.786. The van der Waals surface area contributed by atoms with E-state index in [1.807, 2.05) is 0 Å². The van der Waals surface area contributed by atoms with E-state index in [1.54, 1.807) is 12.3 Å². The van der Waals surface area contributed by atoms with E-state index in [0.29, 0.717) is 15.8 Å². The van der Waals surface area contributed by atoms with Crippen molar-refractivity contribution in [1.29, 1.82) is 0 Å². The minimum atomic E-state index is 0. The van der Waals surface area contributed by atoms with Gasteiger partial charge >= 0.3 is 0 Å². The van der Waals surface area contributed by atoms with E-state index in [9.17, 15) is 0 Å². The molecule has 0 nitrogen and oxygen atoms in total. The maximum absolute atomic E-state index is 2.39. The Morgan fingerprint density at radius 1 is 0.552 bits per heavy atom. The molecule has 2 heteroatoms. The van der Waals surface area contributed by atoms with E-state index < -0.39 is 0 Å². The molecule has 2 fully saturated rings. The highest BCUT2D eigenvalue weighted by Crippen LogP contribution is 2.52. The Morgan fingerprint density at radius 2 is 0.897 bits per heavy atom. The Labute approximate surface area is 189 Å². The third-order valence-corrected chi connectivity index (χ3v) is 13.4. The smallest absolute Gasteiger partial charge is 0.0207 e. The summed E-state index contributed by atoms with van der Waals surface area (Å²) in [4.78, 5) is 0. The van der Waals surface area contributed by atoms with E-state index in [1.165, 1.54) is 63.7 Å².